The Morgan fingerprint density at radius 1 is 1.19 bits per heavy atom. The first-order valence-electron chi connectivity index (χ1n) is 6.41. The van der Waals surface area contributed by atoms with E-state index in [4.69, 9.17) is 5.73 Å². The largest absolute Gasteiger partial charge is 0.330 e. The van der Waals surface area contributed by atoms with Gasteiger partial charge >= 0.3 is 0 Å². The average molecular weight is 217 g/mol. The summed E-state index contributed by atoms with van der Waals surface area (Å²) in [7, 11) is 0. The van der Waals surface area contributed by atoms with E-state index >= 15 is 0 Å². The van der Waals surface area contributed by atoms with Crippen molar-refractivity contribution in [2.75, 3.05) is 6.54 Å². The highest BCUT2D eigenvalue weighted by molar-refractivity contribution is 5.31. The molecule has 1 fully saturated rings. The van der Waals surface area contributed by atoms with E-state index in [1.807, 2.05) is 0 Å². The van der Waals surface area contributed by atoms with Crippen molar-refractivity contribution in [1.82, 2.24) is 0 Å². The van der Waals surface area contributed by atoms with Crippen LogP contribution in [0, 0.1) is 19.3 Å². The van der Waals surface area contributed by atoms with Crippen LogP contribution in [0.4, 0.5) is 0 Å². The van der Waals surface area contributed by atoms with E-state index in [0.717, 1.165) is 6.54 Å². The third-order valence-corrected chi connectivity index (χ3v) is 4.16. The van der Waals surface area contributed by atoms with Gasteiger partial charge in [0.25, 0.3) is 0 Å². The summed E-state index contributed by atoms with van der Waals surface area (Å²) in [6, 6.07) is 6.80. The second-order valence-electron chi connectivity index (χ2n) is 5.52. The zero-order chi connectivity index (χ0) is 11.6. The topological polar surface area (TPSA) is 26.0 Å². The molecule has 1 nitrogen and oxygen atoms in total. The molecule has 1 aliphatic carbocycles. The molecule has 1 saturated carbocycles. The van der Waals surface area contributed by atoms with Crippen LogP contribution in [0.3, 0.4) is 0 Å². The fourth-order valence-corrected chi connectivity index (χ4v) is 3.03. The van der Waals surface area contributed by atoms with E-state index in [9.17, 15) is 0 Å². The molecule has 1 aromatic rings. The molecule has 2 N–H and O–H groups in total. The fraction of sp³-hybridized carbons (Fsp3) is 0.600. The summed E-state index contributed by atoms with van der Waals surface area (Å²) in [5.74, 6) is 0. The number of rotatable bonds is 3. The molecular weight excluding hydrogens is 194 g/mol. The SMILES string of the molecule is Cc1ccc(CC2(CN)CCCC2)c(C)c1. The van der Waals surface area contributed by atoms with Crippen molar-refractivity contribution in [3.05, 3.63) is 34.9 Å². The molecule has 1 aromatic carbocycles. The van der Waals surface area contributed by atoms with Crippen LogP contribution in [0.5, 0.6) is 0 Å². The molecular formula is C15H23N. The molecule has 88 valence electrons. The Morgan fingerprint density at radius 2 is 1.88 bits per heavy atom. The smallest absolute Gasteiger partial charge is 0.00173 e. The van der Waals surface area contributed by atoms with Crippen molar-refractivity contribution < 1.29 is 0 Å². The van der Waals surface area contributed by atoms with Crippen molar-refractivity contribution in [3.8, 4) is 0 Å². The third-order valence-electron chi connectivity index (χ3n) is 4.16. The number of aryl methyl sites for hydroxylation is 2. The van der Waals surface area contributed by atoms with Gasteiger partial charge in [-0.2, -0.15) is 0 Å². The molecule has 0 aliphatic heterocycles. The van der Waals surface area contributed by atoms with Crippen LogP contribution >= 0.6 is 0 Å². The van der Waals surface area contributed by atoms with Gasteiger partial charge in [-0.3, -0.25) is 0 Å². The van der Waals surface area contributed by atoms with Gasteiger partial charge in [0, 0.05) is 0 Å². The number of benzene rings is 1. The van der Waals surface area contributed by atoms with Crippen LogP contribution in [0.25, 0.3) is 0 Å². The lowest BCUT2D eigenvalue weighted by atomic mass is 9.79. The van der Waals surface area contributed by atoms with Gasteiger partial charge in [-0.1, -0.05) is 36.6 Å². The Kier molecular flexibility index (Phi) is 3.34. The third kappa shape index (κ3) is 2.30. The highest BCUT2D eigenvalue weighted by Gasteiger charge is 2.32. The van der Waals surface area contributed by atoms with Gasteiger partial charge in [-0.25, -0.2) is 0 Å². The molecule has 0 radical (unpaired) electrons. The van der Waals surface area contributed by atoms with Gasteiger partial charge < -0.3 is 5.73 Å². The van der Waals surface area contributed by atoms with E-state index in [1.54, 1.807) is 0 Å². The predicted octanol–water partition coefficient (Wildman–Crippen LogP) is 3.37. The highest BCUT2D eigenvalue weighted by Crippen LogP contribution is 2.40. The summed E-state index contributed by atoms with van der Waals surface area (Å²) < 4.78 is 0. The lowest BCUT2D eigenvalue weighted by Gasteiger charge is -2.28. The van der Waals surface area contributed by atoms with Crippen LogP contribution in [0.2, 0.25) is 0 Å². The first-order valence-corrected chi connectivity index (χ1v) is 6.41. The summed E-state index contributed by atoms with van der Waals surface area (Å²) in [6.07, 6.45) is 6.54. The Bertz CT molecular complexity index is 362. The van der Waals surface area contributed by atoms with E-state index in [2.05, 4.69) is 32.0 Å². The molecule has 1 aliphatic rings. The Hall–Kier alpha value is -0.820. The second-order valence-corrected chi connectivity index (χ2v) is 5.52. The second kappa shape index (κ2) is 4.58. The van der Waals surface area contributed by atoms with E-state index in [0.29, 0.717) is 5.41 Å². The molecule has 0 saturated heterocycles. The molecule has 0 aromatic heterocycles. The Labute approximate surface area is 99.0 Å². The molecule has 0 amide bonds. The molecule has 16 heavy (non-hydrogen) atoms. The normalized spacial score (nSPS) is 18.9. The maximum Gasteiger partial charge on any atom is -0.00173 e. The van der Waals surface area contributed by atoms with Crippen LogP contribution < -0.4 is 5.73 Å². The maximum absolute atomic E-state index is 6.00. The summed E-state index contributed by atoms with van der Waals surface area (Å²) in [6.45, 7) is 5.23. The molecule has 0 spiro atoms. The summed E-state index contributed by atoms with van der Waals surface area (Å²) in [5.41, 5.74) is 10.7. The molecule has 0 unspecified atom stereocenters. The van der Waals surface area contributed by atoms with Crippen molar-refractivity contribution >= 4 is 0 Å². The van der Waals surface area contributed by atoms with Gasteiger partial charge in [-0.05, 0) is 56.2 Å². The maximum atomic E-state index is 6.00. The average Bonchev–Trinajstić information content (AvgIpc) is 2.72. The Morgan fingerprint density at radius 3 is 2.44 bits per heavy atom. The van der Waals surface area contributed by atoms with Gasteiger partial charge in [0.1, 0.15) is 0 Å². The first kappa shape index (κ1) is 11.7. The summed E-state index contributed by atoms with van der Waals surface area (Å²) >= 11 is 0. The lowest BCUT2D eigenvalue weighted by molar-refractivity contribution is 0.306. The summed E-state index contributed by atoms with van der Waals surface area (Å²) in [4.78, 5) is 0. The van der Waals surface area contributed by atoms with Gasteiger partial charge in [0.15, 0.2) is 0 Å². The number of hydrogen-bond donors (Lipinski definition) is 1. The van der Waals surface area contributed by atoms with Crippen LogP contribution in [-0.2, 0) is 6.42 Å². The zero-order valence-corrected chi connectivity index (χ0v) is 10.6. The zero-order valence-electron chi connectivity index (χ0n) is 10.6. The standard InChI is InChI=1S/C15H23N/c1-12-5-6-14(13(2)9-12)10-15(11-16)7-3-4-8-15/h5-6,9H,3-4,7-8,10-11,16H2,1-2H3. The molecule has 0 heterocycles. The van der Waals surface area contributed by atoms with Crippen LogP contribution in [-0.4, -0.2) is 6.54 Å². The van der Waals surface area contributed by atoms with E-state index < -0.39 is 0 Å². The minimum Gasteiger partial charge on any atom is -0.330 e. The van der Waals surface area contributed by atoms with Crippen molar-refractivity contribution in [2.24, 2.45) is 11.1 Å². The highest BCUT2D eigenvalue weighted by atomic mass is 14.6. The first-order chi connectivity index (χ1) is 7.65. The molecule has 0 bridgehead atoms. The van der Waals surface area contributed by atoms with Crippen molar-refractivity contribution in [2.45, 2.75) is 46.0 Å². The summed E-state index contributed by atoms with van der Waals surface area (Å²) in [5, 5.41) is 0. The number of hydrogen-bond acceptors (Lipinski definition) is 1. The van der Waals surface area contributed by atoms with Gasteiger partial charge in [-0.15, -0.1) is 0 Å². The lowest BCUT2D eigenvalue weighted by Crippen LogP contribution is -2.30. The Balaban J connectivity index is 2.19. The van der Waals surface area contributed by atoms with E-state index in [1.165, 1.54) is 48.8 Å². The van der Waals surface area contributed by atoms with E-state index in [-0.39, 0.29) is 0 Å². The minimum absolute atomic E-state index is 0.403. The quantitative estimate of drug-likeness (QED) is 0.825. The molecule has 1 heteroatoms. The predicted molar refractivity (Wildman–Crippen MR) is 69.6 cm³/mol. The van der Waals surface area contributed by atoms with Crippen LogP contribution in [0.15, 0.2) is 18.2 Å². The monoisotopic (exact) mass is 217 g/mol. The number of nitrogens with two attached hydrogens (primary N) is 1. The van der Waals surface area contributed by atoms with Gasteiger partial charge in [0.2, 0.25) is 0 Å². The molecule has 0 atom stereocenters. The van der Waals surface area contributed by atoms with Crippen molar-refractivity contribution in [1.29, 1.82) is 0 Å². The fourth-order valence-electron chi connectivity index (χ4n) is 3.03. The molecule has 2 rings (SSSR count). The van der Waals surface area contributed by atoms with Crippen LogP contribution in [0.1, 0.15) is 42.4 Å². The minimum atomic E-state index is 0.403. The van der Waals surface area contributed by atoms with Crippen molar-refractivity contribution in [3.63, 3.8) is 0 Å². The van der Waals surface area contributed by atoms with Gasteiger partial charge in [0.05, 0.1) is 0 Å².